The first kappa shape index (κ1) is 14.2. The molecule has 0 unspecified atom stereocenters. The molecule has 0 fully saturated rings. The second kappa shape index (κ2) is 6.80. The normalized spacial score (nSPS) is 14.4. The molecule has 0 bridgehead atoms. The first-order valence-electron chi connectivity index (χ1n) is 6.05. The minimum atomic E-state index is -0.125. The average molecular weight is 298 g/mol. The van der Waals surface area contributed by atoms with Crippen molar-refractivity contribution in [3.05, 3.63) is 35.9 Å². The number of hydrogen-bond donors (Lipinski definition) is 1. The molecule has 0 radical (unpaired) electrons. The lowest BCUT2D eigenvalue weighted by molar-refractivity contribution is -0.121. The summed E-state index contributed by atoms with van der Waals surface area (Å²) in [5.41, 5.74) is 1.16. The molecule has 1 aromatic rings. The second-order valence-corrected chi connectivity index (χ2v) is 5.51. The van der Waals surface area contributed by atoms with Crippen molar-refractivity contribution in [1.29, 1.82) is 0 Å². The Balaban J connectivity index is 2.68. The lowest BCUT2D eigenvalue weighted by Crippen LogP contribution is -2.36. The van der Waals surface area contributed by atoms with Crippen molar-refractivity contribution in [2.24, 2.45) is 5.92 Å². The first-order chi connectivity index (χ1) is 8.06. The van der Waals surface area contributed by atoms with Gasteiger partial charge < -0.3 is 5.32 Å². The maximum absolute atomic E-state index is 12.0. The van der Waals surface area contributed by atoms with Crippen molar-refractivity contribution in [2.45, 2.75) is 38.1 Å². The SMILES string of the molecule is CC[C@@H](NC(=O)[C@@H](Br)C(C)C)c1ccccc1. The summed E-state index contributed by atoms with van der Waals surface area (Å²) in [5.74, 6) is 0.360. The molecule has 1 rings (SSSR count). The van der Waals surface area contributed by atoms with E-state index in [0.29, 0.717) is 5.92 Å². The Morgan fingerprint density at radius 2 is 1.88 bits per heavy atom. The highest BCUT2D eigenvalue weighted by Crippen LogP contribution is 2.18. The van der Waals surface area contributed by atoms with E-state index < -0.39 is 0 Å². The van der Waals surface area contributed by atoms with Crippen LogP contribution in [-0.2, 0) is 4.79 Å². The summed E-state index contributed by atoms with van der Waals surface area (Å²) >= 11 is 3.43. The van der Waals surface area contributed by atoms with E-state index in [-0.39, 0.29) is 16.8 Å². The number of rotatable bonds is 5. The van der Waals surface area contributed by atoms with Gasteiger partial charge in [-0.2, -0.15) is 0 Å². The van der Waals surface area contributed by atoms with Crippen LogP contribution in [0, 0.1) is 5.92 Å². The molecular formula is C14H20BrNO. The summed E-state index contributed by atoms with van der Waals surface area (Å²) in [4.78, 5) is 11.8. The molecule has 1 aromatic carbocycles. The monoisotopic (exact) mass is 297 g/mol. The van der Waals surface area contributed by atoms with Crippen LogP contribution in [0.1, 0.15) is 38.8 Å². The van der Waals surface area contributed by atoms with Gasteiger partial charge >= 0.3 is 0 Å². The zero-order chi connectivity index (χ0) is 12.8. The van der Waals surface area contributed by atoms with E-state index in [2.05, 4.69) is 28.2 Å². The van der Waals surface area contributed by atoms with Gasteiger partial charge in [0.1, 0.15) is 0 Å². The van der Waals surface area contributed by atoms with E-state index >= 15 is 0 Å². The maximum atomic E-state index is 12.0. The Morgan fingerprint density at radius 3 is 2.35 bits per heavy atom. The molecule has 1 amide bonds. The van der Waals surface area contributed by atoms with E-state index in [0.717, 1.165) is 12.0 Å². The van der Waals surface area contributed by atoms with Crippen LogP contribution < -0.4 is 5.32 Å². The smallest absolute Gasteiger partial charge is 0.234 e. The number of benzene rings is 1. The molecule has 2 atom stereocenters. The zero-order valence-electron chi connectivity index (χ0n) is 10.6. The Hall–Kier alpha value is -0.830. The van der Waals surface area contributed by atoms with Gasteiger partial charge in [-0.05, 0) is 17.9 Å². The lowest BCUT2D eigenvalue weighted by Gasteiger charge is -2.21. The standard InChI is InChI=1S/C14H20BrNO/c1-4-12(11-8-6-5-7-9-11)16-14(17)13(15)10(2)3/h5-10,12-13H,4H2,1-3H3,(H,16,17)/t12-,13+/m1/s1. The summed E-state index contributed by atoms with van der Waals surface area (Å²) in [6, 6.07) is 10.2. The molecule has 94 valence electrons. The quantitative estimate of drug-likeness (QED) is 0.826. The molecule has 0 aromatic heterocycles. The van der Waals surface area contributed by atoms with Crippen LogP contribution in [0.4, 0.5) is 0 Å². The number of hydrogen-bond acceptors (Lipinski definition) is 1. The Labute approximate surface area is 112 Å². The van der Waals surface area contributed by atoms with E-state index in [1.54, 1.807) is 0 Å². The minimum absolute atomic E-state index is 0.0655. The summed E-state index contributed by atoms with van der Waals surface area (Å²) in [6.45, 7) is 6.14. The molecule has 0 aliphatic carbocycles. The molecule has 0 heterocycles. The van der Waals surface area contributed by atoms with E-state index in [1.807, 2.05) is 44.2 Å². The summed E-state index contributed by atoms with van der Waals surface area (Å²) in [5, 5.41) is 3.08. The fourth-order valence-electron chi connectivity index (χ4n) is 1.66. The first-order valence-corrected chi connectivity index (χ1v) is 6.97. The van der Waals surface area contributed by atoms with Gasteiger partial charge in [0.05, 0.1) is 10.9 Å². The highest BCUT2D eigenvalue weighted by molar-refractivity contribution is 9.10. The minimum Gasteiger partial charge on any atom is -0.348 e. The van der Waals surface area contributed by atoms with Crippen molar-refractivity contribution in [1.82, 2.24) is 5.32 Å². The highest BCUT2D eigenvalue weighted by Gasteiger charge is 2.21. The second-order valence-electron chi connectivity index (χ2n) is 4.53. The summed E-state index contributed by atoms with van der Waals surface area (Å²) in [7, 11) is 0. The predicted octanol–water partition coefficient (Wildman–Crippen LogP) is 3.67. The molecule has 0 saturated carbocycles. The fraction of sp³-hybridized carbons (Fsp3) is 0.500. The molecule has 0 aliphatic heterocycles. The van der Waals surface area contributed by atoms with Crippen LogP contribution >= 0.6 is 15.9 Å². The third-order valence-corrected chi connectivity index (χ3v) is 4.24. The zero-order valence-corrected chi connectivity index (χ0v) is 12.2. The highest BCUT2D eigenvalue weighted by atomic mass is 79.9. The molecule has 17 heavy (non-hydrogen) atoms. The molecule has 2 nitrogen and oxygen atoms in total. The Bertz CT molecular complexity index is 350. The van der Waals surface area contributed by atoms with Gasteiger partial charge in [-0.25, -0.2) is 0 Å². The number of amides is 1. The van der Waals surface area contributed by atoms with Crippen LogP contribution in [0.25, 0.3) is 0 Å². The van der Waals surface area contributed by atoms with Gasteiger partial charge in [-0.3, -0.25) is 4.79 Å². The summed E-state index contributed by atoms with van der Waals surface area (Å²) < 4.78 is 0. The van der Waals surface area contributed by atoms with Crippen LogP contribution in [0.3, 0.4) is 0 Å². The van der Waals surface area contributed by atoms with Gasteiger partial charge in [-0.15, -0.1) is 0 Å². The van der Waals surface area contributed by atoms with Gasteiger partial charge in [0, 0.05) is 0 Å². The van der Waals surface area contributed by atoms with E-state index in [1.165, 1.54) is 0 Å². The fourth-order valence-corrected chi connectivity index (χ4v) is 1.79. The molecular weight excluding hydrogens is 278 g/mol. The van der Waals surface area contributed by atoms with Crippen LogP contribution in [-0.4, -0.2) is 10.7 Å². The number of alkyl halides is 1. The lowest BCUT2D eigenvalue weighted by atomic mass is 10.0. The summed E-state index contributed by atoms with van der Waals surface area (Å²) in [6.07, 6.45) is 0.896. The number of carbonyl (C=O) groups is 1. The van der Waals surface area contributed by atoms with Gasteiger partial charge in [0.25, 0.3) is 0 Å². The molecule has 0 spiro atoms. The van der Waals surface area contributed by atoms with Crippen LogP contribution in [0.15, 0.2) is 30.3 Å². The largest absolute Gasteiger partial charge is 0.348 e. The Kier molecular flexibility index (Phi) is 5.69. The third-order valence-electron chi connectivity index (χ3n) is 2.76. The van der Waals surface area contributed by atoms with Crippen LogP contribution in [0.5, 0.6) is 0 Å². The third kappa shape index (κ3) is 4.15. The molecule has 1 N–H and O–H groups in total. The van der Waals surface area contributed by atoms with E-state index in [9.17, 15) is 4.79 Å². The Morgan fingerprint density at radius 1 is 1.29 bits per heavy atom. The maximum Gasteiger partial charge on any atom is 0.234 e. The van der Waals surface area contributed by atoms with Crippen molar-refractivity contribution < 1.29 is 4.79 Å². The van der Waals surface area contributed by atoms with Crippen molar-refractivity contribution >= 4 is 21.8 Å². The predicted molar refractivity (Wildman–Crippen MR) is 75.2 cm³/mol. The average Bonchev–Trinajstić information content (AvgIpc) is 2.35. The molecule has 3 heteroatoms. The van der Waals surface area contributed by atoms with Crippen molar-refractivity contribution in [3.8, 4) is 0 Å². The number of halogens is 1. The van der Waals surface area contributed by atoms with Crippen molar-refractivity contribution in [3.63, 3.8) is 0 Å². The van der Waals surface area contributed by atoms with Crippen LogP contribution in [0.2, 0.25) is 0 Å². The van der Waals surface area contributed by atoms with Gasteiger partial charge in [-0.1, -0.05) is 67.0 Å². The van der Waals surface area contributed by atoms with Crippen molar-refractivity contribution in [2.75, 3.05) is 0 Å². The van der Waals surface area contributed by atoms with Gasteiger partial charge in [0.2, 0.25) is 5.91 Å². The topological polar surface area (TPSA) is 29.1 Å². The number of nitrogens with one attached hydrogen (secondary N) is 1. The number of carbonyl (C=O) groups excluding carboxylic acids is 1. The molecule has 0 saturated heterocycles. The molecule has 0 aliphatic rings. The van der Waals surface area contributed by atoms with E-state index in [4.69, 9.17) is 0 Å². The van der Waals surface area contributed by atoms with Gasteiger partial charge in [0.15, 0.2) is 0 Å².